The first kappa shape index (κ1) is 14.3. The average molecular weight is 393 g/mol. The second-order valence-corrected chi connectivity index (χ2v) is 8.53. The zero-order valence-electron chi connectivity index (χ0n) is 7.18. The van der Waals surface area contributed by atoms with Crippen LogP contribution in [0.25, 0.3) is 0 Å². The van der Waals surface area contributed by atoms with E-state index in [-0.39, 0.29) is 8.93 Å². The molecule has 7 heteroatoms. The lowest BCUT2D eigenvalue weighted by atomic mass is 10.3. The van der Waals surface area contributed by atoms with Gasteiger partial charge in [0.1, 0.15) is 17.3 Å². The van der Waals surface area contributed by atoms with Crippen LogP contribution in [-0.2, 0) is 0 Å². The molecule has 0 saturated heterocycles. The number of phenols is 1. The number of benzene rings is 1. The quantitative estimate of drug-likeness (QED) is 0.739. The summed E-state index contributed by atoms with van der Waals surface area (Å²) in [6.07, 6.45) is 0. The molecule has 0 bridgehead atoms. The van der Waals surface area contributed by atoms with Crippen LogP contribution in [0.2, 0.25) is 0 Å². The molecule has 0 heterocycles. The van der Waals surface area contributed by atoms with E-state index in [9.17, 15) is 4.39 Å². The van der Waals surface area contributed by atoms with Crippen LogP contribution in [0.1, 0.15) is 0 Å². The van der Waals surface area contributed by atoms with Crippen LogP contribution >= 0.6 is 47.3 Å². The van der Waals surface area contributed by atoms with Crippen LogP contribution in [0.15, 0.2) is 18.2 Å². The second-order valence-electron chi connectivity index (χ2n) is 2.10. The third-order valence-corrected chi connectivity index (χ3v) is 1.09. The predicted molar refractivity (Wildman–Crippen MR) is 67.2 cm³/mol. The molecule has 0 aliphatic rings. The van der Waals surface area contributed by atoms with Gasteiger partial charge in [-0.05, 0) is 0 Å². The summed E-state index contributed by atoms with van der Waals surface area (Å²) in [5.41, 5.74) is 0. The van der Waals surface area contributed by atoms with E-state index >= 15 is 0 Å². The number of aromatic hydroxyl groups is 1. The molecule has 0 atom stereocenters. The Morgan fingerprint density at radius 2 is 1.79 bits per heavy atom. The van der Waals surface area contributed by atoms with Crippen molar-refractivity contribution in [3.05, 3.63) is 24.0 Å². The molecule has 0 fully saturated rings. The van der Waals surface area contributed by atoms with E-state index in [1.807, 2.05) is 0 Å². The van der Waals surface area contributed by atoms with Crippen molar-refractivity contribution in [3.63, 3.8) is 0 Å². The third-order valence-electron chi connectivity index (χ3n) is 1.09. The summed E-state index contributed by atoms with van der Waals surface area (Å²) in [6.45, 7) is 0. The van der Waals surface area contributed by atoms with Gasteiger partial charge < -0.3 is 9.84 Å². The number of hydrogen-bond donors (Lipinski definition) is 1. The van der Waals surface area contributed by atoms with Gasteiger partial charge in [0.25, 0.3) is 0 Å². The lowest BCUT2D eigenvalue weighted by Crippen LogP contribution is -1.83. The van der Waals surface area contributed by atoms with Crippen molar-refractivity contribution in [1.29, 1.82) is 0 Å². The maximum atomic E-state index is 12.4. The smallest absolute Gasteiger partial charge is 0.369 e. The maximum Gasteiger partial charge on any atom is 0.369 e. The molecule has 0 aliphatic carbocycles. The minimum atomic E-state index is -0.503. The number of halogens is 4. The summed E-state index contributed by atoms with van der Waals surface area (Å²) in [4.78, 5) is 0. The number of ether oxygens (including phenoxy) is 1. The van der Waals surface area contributed by atoms with Crippen molar-refractivity contribution in [2.45, 2.75) is 0 Å². The summed E-state index contributed by atoms with van der Waals surface area (Å²) in [6, 6.07) is 3.55. The Hall–Kier alpha value is 0.255. The van der Waals surface area contributed by atoms with E-state index in [0.717, 1.165) is 6.07 Å². The molecule has 0 aliphatic heterocycles. The van der Waals surface area contributed by atoms with Crippen LogP contribution in [0.5, 0.6) is 11.5 Å². The zero-order valence-corrected chi connectivity index (χ0v) is 11.9. The highest BCUT2D eigenvalue weighted by Gasteiger charge is 1.97. The van der Waals surface area contributed by atoms with Gasteiger partial charge in [-0.25, -0.2) is 4.39 Å². The van der Waals surface area contributed by atoms with Crippen molar-refractivity contribution in [2.24, 2.45) is 0 Å². The summed E-state index contributed by atoms with van der Waals surface area (Å²) in [7, 11) is 1.41. The van der Waals surface area contributed by atoms with Gasteiger partial charge in [-0.1, -0.05) is 0 Å². The Labute approximate surface area is 107 Å². The normalized spacial score (nSPS) is 8.64. The van der Waals surface area contributed by atoms with Gasteiger partial charge in [-0.15, -0.1) is 47.3 Å². The molecule has 1 aromatic rings. The SMILES string of the molecule is BrB(Br)Br.COc1cc(O)cc(F)c1. The van der Waals surface area contributed by atoms with E-state index in [1.165, 1.54) is 19.2 Å². The molecule has 0 radical (unpaired) electrons. The molecule has 2 nitrogen and oxygen atoms in total. The molecule has 1 aromatic carbocycles. The van der Waals surface area contributed by atoms with Gasteiger partial charge in [0, 0.05) is 18.2 Å². The Balaban J connectivity index is 0.000000364. The molecule has 0 aromatic heterocycles. The van der Waals surface area contributed by atoms with Gasteiger partial charge in [-0.3, -0.25) is 0 Å². The van der Waals surface area contributed by atoms with Crippen LogP contribution in [0.3, 0.4) is 0 Å². The largest absolute Gasteiger partial charge is 0.508 e. The minimum absolute atomic E-state index is 0.128. The first-order valence-corrected chi connectivity index (χ1v) is 6.16. The van der Waals surface area contributed by atoms with E-state index in [0.29, 0.717) is 5.75 Å². The van der Waals surface area contributed by atoms with Gasteiger partial charge in [0.2, 0.25) is 0 Å². The molecule has 0 amide bonds. The molecule has 0 spiro atoms. The van der Waals surface area contributed by atoms with Gasteiger partial charge >= 0.3 is 3.18 Å². The Morgan fingerprint density at radius 1 is 1.29 bits per heavy atom. The fourth-order valence-electron chi connectivity index (χ4n) is 0.666. The van der Waals surface area contributed by atoms with Crippen molar-refractivity contribution in [1.82, 2.24) is 0 Å². The monoisotopic (exact) mass is 390 g/mol. The second kappa shape index (κ2) is 7.53. The highest BCUT2D eigenvalue weighted by atomic mass is 79.9. The number of hydrogen-bond acceptors (Lipinski definition) is 2. The molecular formula is C7H7BBr3FO2. The minimum Gasteiger partial charge on any atom is -0.508 e. The molecule has 0 saturated carbocycles. The van der Waals surface area contributed by atoms with Crippen LogP contribution < -0.4 is 4.74 Å². The van der Waals surface area contributed by atoms with E-state index in [2.05, 4.69) is 52.0 Å². The first-order chi connectivity index (χ1) is 6.45. The standard InChI is InChI=1S/C7H7FO2.BBr3/c1-10-7-3-5(8)2-6(9)4-7;2-1(3)4/h2-4,9H,1H3;. The molecular weight excluding hydrogens is 386 g/mol. The summed E-state index contributed by atoms with van der Waals surface area (Å²) < 4.78 is 17.3. The molecule has 78 valence electrons. The Kier molecular flexibility index (Phi) is 7.67. The van der Waals surface area contributed by atoms with Crippen molar-refractivity contribution < 1.29 is 14.2 Å². The van der Waals surface area contributed by atoms with Crippen LogP contribution in [0, 0.1) is 5.82 Å². The lowest BCUT2D eigenvalue weighted by Gasteiger charge is -1.98. The average Bonchev–Trinajstić information content (AvgIpc) is 2.01. The van der Waals surface area contributed by atoms with Crippen molar-refractivity contribution >= 4 is 50.5 Å². The van der Waals surface area contributed by atoms with Crippen LogP contribution in [0.4, 0.5) is 4.39 Å². The van der Waals surface area contributed by atoms with Crippen molar-refractivity contribution in [3.8, 4) is 11.5 Å². The van der Waals surface area contributed by atoms with Gasteiger partial charge in [0.15, 0.2) is 0 Å². The Morgan fingerprint density at radius 3 is 2.14 bits per heavy atom. The highest BCUT2D eigenvalue weighted by molar-refractivity contribution is 9.69. The topological polar surface area (TPSA) is 29.5 Å². The van der Waals surface area contributed by atoms with Gasteiger partial charge in [0.05, 0.1) is 7.11 Å². The van der Waals surface area contributed by atoms with E-state index in [1.54, 1.807) is 0 Å². The molecule has 1 N–H and O–H groups in total. The van der Waals surface area contributed by atoms with Gasteiger partial charge in [-0.2, -0.15) is 0 Å². The molecule has 0 unspecified atom stereocenters. The fraction of sp³-hybridized carbons (Fsp3) is 0.143. The summed E-state index contributed by atoms with van der Waals surface area (Å²) in [5.74, 6) is -0.314. The summed E-state index contributed by atoms with van der Waals surface area (Å²) in [5, 5.41) is 8.80. The zero-order chi connectivity index (χ0) is 11.1. The predicted octanol–water partition coefficient (Wildman–Crippen LogP) is 3.70. The van der Waals surface area contributed by atoms with Crippen molar-refractivity contribution in [2.75, 3.05) is 7.11 Å². The number of rotatable bonds is 1. The number of methoxy groups -OCH3 is 1. The molecule has 14 heavy (non-hydrogen) atoms. The van der Waals surface area contributed by atoms with Crippen LogP contribution in [-0.4, -0.2) is 15.4 Å². The van der Waals surface area contributed by atoms with E-state index in [4.69, 9.17) is 5.11 Å². The molecule has 1 rings (SSSR count). The maximum absolute atomic E-state index is 12.4. The summed E-state index contributed by atoms with van der Waals surface area (Å²) >= 11 is 9.31. The fourth-order valence-corrected chi connectivity index (χ4v) is 0.666. The number of phenolic OH excluding ortho intramolecular Hbond substituents is 1. The Bertz CT molecular complexity index is 263. The highest BCUT2D eigenvalue weighted by Crippen LogP contribution is 2.19. The lowest BCUT2D eigenvalue weighted by molar-refractivity contribution is 0.402. The van der Waals surface area contributed by atoms with E-state index < -0.39 is 5.82 Å². The third kappa shape index (κ3) is 7.64. The first-order valence-electron chi connectivity index (χ1n) is 3.41.